The minimum atomic E-state index is -0.773. The number of hydrogen-bond donors (Lipinski definition) is 0. The first-order valence-electron chi connectivity index (χ1n) is 6.73. The second kappa shape index (κ2) is 6.50. The molecule has 0 saturated heterocycles. The van der Waals surface area contributed by atoms with E-state index in [1.807, 2.05) is 32.0 Å². The molecule has 0 bridgehead atoms. The molecule has 0 amide bonds. The third-order valence-electron chi connectivity index (χ3n) is 3.07. The second-order valence-electron chi connectivity index (χ2n) is 5.21. The van der Waals surface area contributed by atoms with E-state index in [4.69, 9.17) is 4.74 Å². The molecule has 0 atom stereocenters. The average molecular weight is 262 g/mol. The average Bonchev–Trinajstić information content (AvgIpc) is 2.37. The number of hydrogen-bond acceptors (Lipinski definition) is 3. The van der Waals surface area contributed by atoms with E-state index in [2.05, 4.69) is 13.8 Å². The third kappa shape index (κ3) is 3.66. The van der Waals surface area contributed by atoms with Crippen molar-refractivity contribution in [2.45, 2.75) is 46.5 Å². The van der Waals surface area contributed by atoms with Crippen LogP contribution >= 0.6 is 0 Å². The quantitative estimate of drug-likeness (QED) is 0.462. The first kappa shape index (κ1) is 15.4. The summed E-state index contributed by atoms with van der Waals surface area (Å²) in [6, 6.07) is 5.77. The van der Waals surface area contributed by atoms with E-state index in [9.17, 15) is 9.59 Å². The van der Waals surface area contributed by atoms with Gasteiger partial charge in [-0.2, -0.15) is 0 Å². The monoisotopic (exact) mass is 262 g/mol. The molecule has 3 heteroatoms. The minimum Gasteiger partial charge on any atom is -0.460 e. The summed E-state index contributed by atoms with van der Waals surface area (Å²) in [7, 11) is 0. The Hall–Kier alpha value is -1.64. The molecule has 0 radical (unpaired) electrons. The van der Waals surface area contributed by atoms with Crippen LogP contribution in [0.2, 0.25) is 0 Å². The molecule has 1 aromatic rings. The summed E-state index contributed by atoms with van der Waals surface area (Å²) >= 11 is 0. The fraction of sp³-hybridized carbons (Fsp3) is 0.500. The smallest absolute Gasteiger partial charge is 0.379 e. The van der Waals surface area contributed by atoms with Gasteiger partial charge in [0.1, 0.15) is 0 Å². The maximum atomic E-state index is 12.2. The van der Waals surface area contributed by atoms with E-state index in [0.29, 0.717) is 11.5 Å². The van der Waals surface area contributed by atoms with E-state index >= 15 is 0 Å². The van der Waals surface area contributed by atoms with E-state index in [1.54, 1.807) is 6.92 Å². The zero-order valence-electron chi connectivity index (χ0n) is 12.3. The van der Waals surface area contributed by atoms with Crippen LogP contribution in [-0.4, -0.2) is 18.4 Å². The van der Waals surface area contributed by atoms with Gasteiger partial charge in [0.05, 0.1) is 6.61 Å². The molecular weight excluding hydrogens is 240 g/mol. The van der Waals surface area contributed by atoms with Gasteiger partial charge >= 0.3 is 5.97 Å². The lowest BCUT2D eigenvalue weighted by atomic mass is 9.90. The number of carbonyl (C=O) groups excluding carboxylic acids is 2. The molecule has 0 unspecified atom stereocenters. The molecule has 0 saturated carbocycles. The summed E-state index contributed by atoms with van der Waals surface area (Å²) in [5.74, 6) is -0.817. The number of carbonyl (C=O) groups is 2. The van der Waals surface area contributed by atoms with Crippen molar-refractivity contribution in [2.24, 2.45) is 0 Å². The number of ketones is 1. The molecule has 1 aromatic carbocycles. The van der Waals surface area contributed by atoms with Crippen LogP contribution in [0.1, 0.15) is 67.9 Å². The largest absolute Gasteiger partial charge is 0.460 e. The van der Waals surface area contributed by atoms with Gasteiger partial charge in [-0.3, -0.25) is 4.79 Å². The predicted molar refractivity (Wildman–Crippen MR) is 75.6 cm³/mol. The second-order valence-corrected chi connectivity index (χ2v) is 5.21. The lowest BCUT2D eigenvalue weighted by molar-refractivity contribution is -0.137. The van der Waals surface area contributed by atoms with E-state index in [0.717, 1.165) is 11.1 Å². The van der Waals surface area contributed by atoms with E-state index in [-0.39, 0.29) is 12.5 Å². The highest BCUT2D eigenvalue weighted by atomic mass is 16.5. The van der Waals surface area contributed by atoms with Crippen molar-refractivity contribution in [2.75, 3.05) is 6.61 Å². The SMILES string of the molecule is CCOC(=O)C(=O)c1cc(C(C)C)ccc1C(C)C. The number of benzene rings is 1. The first-order chi connectivity index (χ1) is 8.88. The highest BCUT2D eigenvalue weighted by Gasteiger charge is 2.22. The summed E-state index contributed by atoms with van der Waals surface area (Å²) in [6.45, 7) is 10.0. The zero-order chi connectivity index (χ0) is 14.6. The van der Waals surface area contributed by atoms with Gasteiger partial charge in [-0.15, -0.1) is 0 Å². The maximum absolute atomic E-state index is 12.2. The summed E-state index contributed by atoms with van der Waals surface area (Å²) < 4.78 is 4.80. The van der Waals surface area contributed by atoms with Gasteiger partial charge in [0.15, 0.2) is 0 Å². The van der Waals surface area contributed by atoms with Gasteiger partial charge in [-0.25, -0.2) is 4.79 Å². The molecular formula is C16H22O3. The summed E-state index contributed by atoms with van der Waals surface area (Å²) in [4.78, 5) is 23.8. The molecule has 0 aliphatic rings. The van der Waals surface area contributed by atoms with Crippen LogP contribution in [0.5, 0.6) is 0 Å². The Bertz CT molecular complexity index is 473. The van der Waals surface area contributed by atoms with Gasteiger partial charge < -0.3 is 4.74 Å². The van der Waals surface area contributed by atoms with Crippen molar-refractivity contribution >= 4 is 11.8 Å². The Balaban J connectivity index is 3.24. The van der Waals surface area contributed by atoms with Gasteiger partial charge in [0, 0.05) is 5.56 Å². The molecule has 0 aliphatic heterocycles. The zero-order valence-corrected chi connectivity index (χ0v) is 12.3. The van der Waals surface area contributed by atoms with Crippen LogP contribution in [0.15, 0.2) is 18.2 Å². The van der Waals surface area contributed by atoms with Crippen molar-refractivity contribution in [1.29, 1.82) is 0 Å². The van der Waals surface area contributed by atoms with E-state index < -0.39 is 11.8 Å². The van der Waals surface area contributed by atoms with Crippen LogP contribution in [-0.2, 0) is 9.53 Å². The van der Waals surface area contributed by atoms with Crippen LogP contribution in [0, 0.1) is 0 Å². The van der Waals surface area contributed by atoms with Crippen molar-refractivity contribution in [3.63, 3.8) is 0 Å². The van der Waals surface area contributed by atoms with Crippen molar-refractivity contribution < 1.29 is 14.3 Å². The predicted octanol–water partition coefficient (Wildman–Crippen LogP) is 3.68. The Labute approximate surface area is 115 Å². The lowest BCUT2D eigenvalue weighted by Gasteiger charge is -2.14. The fourth-order valence-corrected chi connectivity index (χ4v) is 1.94. The Morgan fingerprint density at radius 1 is 1.11 bits per heavy atom. The normalized spacial score (nSPS) is 10.9. The Morgan fingerprint density at radius 2 is 1.74 bits per heavy atom. The molecule has 0 fully saturated rings. The number of ether oxygens (including phenoxy) is 1. The van der Waals surface area contributed by atoms with Gasteiger partial charge in [-0.05, 0) is 36.0 Å². The topological polar surface area (TPSA) is 43.4 Å². The van der Waals surface area contributed by atoms with Crippen LogP contribution in [0.25, 0.3) is 0 Å². The molecule has 0 heterocycles. The molecule has 0 N–H and O–H groups in total. The minimum absolute atomic E-state index is 0.189. The van der Waals surface area contributed by atoms with Crippen LogP contribution < -0.4 is 0 Å². The lowest BCUT2D eigenvalue weighted by Crippen LogP contribution is -2.19. The summed E-state index contributed by atoms with van der Waals surface area (Å²) in [5, 5.41) is 0. The van der Waals surface area contributed by atoms with Crippen LogP contribution in [0.3, 0.4) is 0 Å². The molecule has 0 aliphatic carbocycles. The molecule has 3 nitrogen and oxygen atoms in total. The Morgan fingerprint density at radius 3 is 2.21 bits per heavy atom. The Kier molecular flexibility index (Phi) is 5.28. The number of esters is 1. The highest BCUT2D eigenvalue weighted by molar-refractivity contribution is 6.41. The molecule has 1 rings (SSSR count). The summed E-state index contributed by atoms with van der Waals surface area (Å²) in [5.41, 5.74) is 2.42. The van der Waals surface area contributed by atoms with E-state index in [1.165, 1.54) is 0 Å². The van der Waals surface area contributed by atoms with Gasteiger partial charge in [0.2, 0.25) is 0 Å². The van der Waals surface area contributed by atoms with Crippen molar-refractivity contribution in [3.8, 4) is 0 Å². The first-order valence-corrected chi connectivity index (χ1v) is 6.73. The van der Waals surface area contributed by atoms with Crippen molar-refractivity contribution in [3.05, 3.63) is 34.9 Å². The standard InChI is InChI=1S/C16H22O3/c1-6-19-16(18)15(17)14-9-12(10(2)3)7-8-13(14)11(4)5/h7-11H,6H2,1-5H3. The fourth-order valence-electron chi connectivity index (χ4n) is 1.94. The molecule has 104 valence electrons. The highest BCUT2D eigenvalue weighted by Crippen LogP contribution is 2.25. The molecule has 19 heavy (non-hydrogen) atoms. The maximum Gasteiger partial charge on any atom is 0.379 e. The molecule has 0 spiro atoms. The number of rotatable bonds is 5. The van der Waals surface area contributed by atoms with Crippen LogP contribution in [0.4, 0.5) is 0 Å². The molecule has 0 aromatic heterocycles. The number of Topliss-reactive ketones (excluding diaryl/α,β-unsaturated/α-hetero) is 1. The van der Waals surface area contributed by atoms with Crippen molar-refractivity contribution in [1.82, 2.24) is 0 Å². The summed E-state index contributed by atoms with van der Waals surface area (Å²) in [6.07, 6.45) is 0. The van der Waals surface area contributed by atoms with Gasteiger partial charge in [0.25, 0.3) is 5.78 Å². The third-order valence-corrected chi connectivity index (χ3v) is 3.07. The van der Waals surface area contributed by atoms with Gasteiger partial charge in [-0.1, -0.05) is 39.8 Å².